The average molecular weight is 253 g/mol. The Hall–Kier alpha value is -2.15. The number of hydrogen-bond donors (Lipinski definition) is 2. The molecule has 18 heavy (non-hydrogen) atoms. The molecule has 0 aliphatic rings. The number of nitro benzene ring substituents is 1. The normalized spacial score (nSPS) is 11.9. The molecule has 1 aromatic carbocycles. The molecule has 1 atom stereocenters. The highest BCUT2D eigenvalue weighted by Gasteiger charge is 2.12. The van der Waals surface area contributed by atoms with E-state index in [9.17, 15) is 14.9 Å². The maximum absolute atomic E-state index is 10.8. The van der Waals surface area contributed by atoms with Gasteiger partial charge in [-0.15, -0.1) is 0 Å². The molecule has 0 aliphatic carbocycles. The average Bonchev–Trinajstić information content (AvgIpc) is 2.35. The fourth-order valence-corrected chi connectivity index (χ4v) is 1.34. The first-order chi connectivity index (χ1) is 8.43. The number of nitrogens with two attached hydrogens (primary N) is 1. The zero-order valence-corrected chi connectivity index (χ0v) is 10.2. The summed E-state index contributed by atoms with van der Waals surface area (Å²) < 4.78 is 4.98. The van der Waals surface area contributed by atoms with Crippen LogP contribution in [-0.4, -0.2) is 24.0 Å². The van der Waals surface area contributed by atoms with E-state index in [4.69, 9.17) is 10.5 Å². The summed E-state index contributed by atoms with van der Waals surface area (Å²) in [7, 11) is 1.43. The summed E-state index contributed by atoms with van der Waals surface area (Å²) in [5, 5.41) is 13.6. The zero-order chi connectivity index (χ0) is 13.7. The highest BCUT2D eigenvalue weighted by atomic mass is 16.6. The largest absolute Gasteiger partial charge is 0.496 e. The van der Waals surface area contributed by atoms with E-state index in [1.165, 1.54) is 19.2 Å². The van der Waals surface area contributed by atoms with Crippen molar-refractivity contribution in [1.82, 2.24) is 5.32 Å². The van der Waals surface area contributed by atoms with E-state index in [1.54, 1.807) is 13.0 Å². The number of nitrogens with one attached hydrogen (secondary N) is 1. The molecule has 1 aromatic rings. The highest BCUT2D eigenvalue weighted by Crippen LogP contribution is 2.22. The molecule has 0 saturated heterocycles. The summed E-state index contributed by atoms with van der Waals surface area (Å²) in [4.78, 5) is 21.1. The molecule has 7 nitrogen and oxygen atoms in total. The number of nitro groups is 1. The van der Waals surface area contributed by atoms with Crippen LogP contribution in [0, 0.1) is 10.1 Å². The van der Waals surface area contributed by atoms with Gasteiger partial charge in [-0.3, -0.25) is 14.9 Å². The molecule has 0 saturated carbocycles. The third-order valence-electron chi connectivity index (χ3n) is 2.44. The quantitative estimate of drug-likeness (QED) is 0.569. The highest BCUT2D eigenvalue weighted by molar-refractivity contribution is 5.79. The first kappa shape index (κ1) is 13.9. The van der Waals surface area contributed by atoms with Gasteiger partial charge in [0.05, 0.1) is 24.1 Å². The van der Waals surface area contributed by atoms with Crippen molar-refractivity contribution in [3.8, 4) is 5.75 Å². The number of benzene rings is 1. The number of methoxy groups -OCH3 is 1. The van der Waals surface area contributed by atoms with Crippen molar-refractivity contribution >= 4 is 11.6 Å². The van der Waals surface area contributed by atoms with Crippen LogP contribution in [0.3, 0.4) is 0 Å². The molecule has 3 N–H and O–H groups in total. The number of carbonyl (C=O) groups is 1. The minimum Gasteiger partial charge on any atom is -0.496 e. The lowest BCUT2D eigenvalue weighted by atomic mass is 10.1. The molecule has 0 radical (unpaired) electrons. The summed E-state index contributed by atoms with van der Waals surface area (Å²) in [5.41, 5.74) is 5.69. The first-order valence-corrected chi connectivity index (χ1v) is 5.29. The second-order valence-corrected chi connectivity index (χ2v) is 3.80. The first-order valence-electron chi connectivity index (χ1n) is 5.29. The molecule has 7 heteroatoms. The predicted octanol–water partition coefficient (Wildman–Crippen LogP) is 0.567. The predicted molar refractivity (Wildman–Crippen MR) is 65.1 cm³/mol. The van der Waals surface area contributed by atoms with Crippen molar-refractivity contribution in [3.63, 3.8) is 0 Å². The topological polar surface area (TPSA) is 107 Å². The number of carbonyl (C=O) groups excluding carboxylic acids is 1. The number of amides is 1. The molecule has 0 heterocycles. The van der Waals surface area contributed by atoms with Crippen molar-refractivity contribution in [1.29, 1.82) is 0 Å². The van der Waals surface area contributed by atoms with Gasteiger partial charge in [0.1, 0.15) is 5.75 Å². The number of primary amides is 1. The lowest BCUT2D eigenvalue weighted by Crippen LogP contribution is -2.38. The van der Waals surface area contributed by atoms with Crippen molar-refractivity contribution in [2.75, 3.05) is 7.11 Å². The van der Waals surface area contributed by atoms with E-state index in [2.05, 4.69) is 5.32 Å². The Morgan fingerprint density at radius 1 is 1.56 bits per heavy atom. The Bertz CT molecular complexity index is 462. The summed E-state index contributed by atoms with van der Waals surface area (Å²) in [5.74, 6) is -0.0832. The van der Waals surface area contributed by atoms with Crippen LogP contribution < -0.4 is 15.8 Å². The molecule has 0 aromatic heterocycles. The van der Waals surface area contributed by atoms with Gasteiger partial charge < -0.3 is 15.8 Å². The molecule has 0 fully saturated rings. The second kappa shape index (κ2) is 5.97. The number of nitrogens with zero attached hydrogens (tertiary/aromatic N) is 1. The van der Waals surface area contributed by atoms with Gasteiger partial charge in [-0.2, -0.15) is 0 Å². The maximum Gasteiger partial charge on any atom is 0.273 e. The second-order valence-electron chi connectivity index (χ2n) is 3.80. The van der Waals surface area contributed by atoms with Crippen LogP contribution in [0.25, 0.3) is 0 Å². The summed E-state index contributed by atoms with van der Waals surface area (Å²) in [6.07, 6.45) is 0. The van der Waals surface area contributed by atoms with Crippen LogP contribution in [-0.2, 0) is 11.3 Å². The van der Waals surface area contributed by atoms with Gasteiger partial charge in [-0.05, 0) is 18.6 Å². The smallest absolute Gasteiger partial charge is 0.273 e. The van der Waals surface area contributed by atoms with Crippen LogP contribution in [0.4, 0.5) is 5.69 Å². The minimum atomic E-state index is -0.504. The molecule has 1 amide bonds. The Morgan fingerprint density at radius 3 is 2.72 bits per heavy atom. The Labute approximate surface area is 104 Å². The fraction of sp³-hybridized carbons (Fsp3) is 0.364. The van der Waals surface area contributed by atoms with E-state index >= 15 is 0 Å². The van der Waals surface area contributed by atoms with Gasteiger partial charge in [0.2, 0.25) is 5.91 Å². The fourth-order valence-electron chi connectivity index (χ4n) is 1.34. The minimum absolute atomic E-state index is 0.0575. The lowest BCUT2D eigenvalue weighted by molar-refractivity contribution is -0.385. The molecule has 0 bridgehead atoms. The van der Waals surface area contributed by atoms with Gasteiger partial charge in [0.15, 0.2) is 0 Å². The van der Waals surface area contributed by atoms with E-state index in [-0.39, 0.29) is 5.69 Å². The third kappa shape index (κ3) is 3.70. The van der Waals surface area contributed by atoms with Gasteiger partial charge in [0, 0.05) is 12.6 Å². The van der Waals surface area contributed by atoms with Crippen LogP contribution in [0.2, 0.25) is 0 Å². The molecule has 1 rings (SSSR count). The molecular weight excluding hydrogens is 238 g/mol. The van der Waals surface area contributed by atoms with Crippen molar-refractivity contribution in [3.05, 3.63) is 33.9 Å². The van der Waals surface area contributed by atoms with Gasteiger partial charge in [-0.1, -0.05) is 0 Å². The molecule has 0 aliphatic heterocycles. The third-order valence-corrected chi connectivity index (χ3v) is 2.44. The Morgan fingerprint density at radius 2 is 2.22 bits per heavy atom. The number of hydrogen-bond acceptors (Lipinski definition) is 5. The van der Waals surface area contributed by atoms with Crippen molar-refractivity contribution < 1.29 is 14.5 Å². The number of non-ortho nitro benzene ring substituents is 1. The van der Waals surface area contributed by atoms with Crippen LogP contribution in [0.1, 0.15) is 12.5 Å². The van der Waals surface area contributed by atoms with Gasteiger partial charge in [0.25, 0.3) is 5.69 Å². The van der Waals surface area contributed by atoms with Crippen LogP contribution >= 0.6 is 0 Å². The van der Waals surface area contributed by atoms with Crippen LogP contribution in [0.15, 0.2) is 18.2 Å². The van der Waals surface area contributed by atoms with E-state index in [1.807, 2.05) is 0 Å². The SMILES string of the molecule is COc1cc(CNC(C)C(N)=O)cc([N+](=O)[O-])c1. The monoisotopic (exact) mass is 253 g/mol. The van der Waals surface area contributed by atoms with Crippen molar-refractivity contribution in [2.45, 2.75) is 19.5 Å². The molecule has 1 unspecified atom stereocenters. The Kier molecular flexibility index (Phi) is 4.61. The van der Waals surface area contributed by atoms with Gasteiger partial charge >= 0.3 is 0 Å². The van der Waals surface area contributed by atoms with E-state index in [0.717, 1.165) is 0 Å². The number of rotatable bonds is 6. The van der Waals surface area contributed by atoms with E-state index in [0.29, 0.717) is 17.9 Å². The van der Waals surface area contributed by atoms with Gasteiger partial charge in [-0.25, -0.2) is 0 Å². The Balaban J connectivity index is 2.85. The summed E-state index contributed by atoms with van der Waals surface area (Å²) >= 11 is 0. The lowest BCUT2D eigenvalue weighted by Gasteiger charge is -2.10. The zero-order valence-electron chi connectivity index (χ0n) is 10.2. The summed E-state index contributed by atoms with van der Waals surface area (Å²) in [6.45, 7) is 1.92. The molecule has 98 valence electrons. The van der Waals surface area contributed by atoms with Crippen LogP contribution in [0.5, 0.6) is 5.75 Å². The molecular formula is C11H15N3O4. The maximum atomic E-state index is 10.8. The molecule has 0 spiro atoms. The standard InChI is InChI=1S/C11H15N3O4/c1-7(11(12)15)13-6-8-3-9(14(16)17)5-10(4-8)18-2/h3-5,7,13H,6H2,1-2H3,(H2,12,15). The van der Waals surface area contributed by atoms with E-state index < -0.39 is 16.9 Å². The summed E-state index contributed by atoms with van der Waals surface area (Å²) in [6, 6.07) is 3.91. The van der Waals surface area contributed by atoms with Crippen molar-refractivity contribution in [2.24, 2.45) is 5.73 Å². The number of ether oxygens (including phenoxy) is 1.